The monoisotopic (exact) mass is 329 g/mol. The van der Waals surface area contributed by atoms with Gasteiger partial charge in [-0.3, -0.25) is 4.79 Å². The number of rotatable bonds is 8. The van der Waals surface area contributed by atoms with E-state index in [-0.39, 0.29) is 18.4 Å². The van der Waals surface area contributed by atoms with Crippen molar-refractivity contribution in [2.75, 3.05) is 13.2 Å². The number of carbonyl (C=O) groups is 1. The summed E-state index contributed by atoms with van der Waals surface area (Å²) in [6, 6.07) is 11.6. The van der Waals surface area contributed by atoms with E-state index < -0.39 is 0 Å². The van der Waals surface area contributed by atoms with Gasteiger partial charge in [-0.05, 0) is 49.8 Å². The Morgan fingerprint density at radius 2 is 2.00 bits per heavy atom. The Bertz CT molecular complexity index is 650. The minimum absolute atomic E-state index is 0.148. The Kier molecular flexibility index (Phi) is 6.55. The van der Waals surface area contributed by atoms with Gasteiger partial charge in [0.2, 0.25) is 0 Å². The predicted octanol–water partition coefficient (Wildman–Crippen LogP) is 2.96. The summed E-state index contributed by atoms with van der Waals surface area (Å²) in [6.07, 6.45) is 1.69. The fraction of sp³-hybridized carbons (Fsp3) is 0.474. The van der Waals surface area contributed by atoms with Crippen LogP contribution < -0.4 is 5.32 Å². The van der Waals surface area contributed by atoms with Gasteiger partial charge in [-0.15, -0.1) is 0 Å². The number of aromatic nitrogens is 2. The second-order valence-electron chi connectivity index (χ2n) is 6.64. The molecule has 0 fully saturated rings. The van der Waals surface area contributed by atoms with Crippen molar-refractivity contribution >= 4 is 5.91 Å². The van der Waals surface area contributed by atoms with Gasteiger partial charge < -0.3 is 10.4 Å². The van der Waals surface area contributed by atoms with E-state index in [0.29, 0.717) is 24.6 Å². The average Bonchev–Trinajstić information content (AvgIpc) is 2.95. The van der Waals surface area contributed by atoms with Crippen LogP contribution in [-0.2, 0) is 0 Å². The summed E-state index contributed by atoms with van der Waals surface area (Å²) in [5, 5.41) is 16.5. The van der Waals surface area contributed by atoms with Gasteiger partial charge in [0.1, 0.15) is 0 Å². The summed E-state index contributed by atoms with van der Waals surface area (Å²) in [5.41, 5.74) is 2.27. The first-order valence-corrected chi connectivity index (χ1v) is 8.52. The number of hydrogen-bond acceptors (Lipinski definition) is 3. The number of nitrogens with one attached hydrogen (secondary N) is 1. The normalized spacial score (nSPS) is 12.4. The molecule has 0 radical (unpaired) electrons. The van der Waals surface area contributed by atoms with Crippen molar-refractivity contribution in [2.24, 2.45) is 11.8 Å². The number of hydrogen-bond donors (Lipinski definition) is 2. The molecule has 2 rings (SSSR count). The first-order chi connectivity index (χ1) is 11.5. The van der Waals surface area contributed by atoms with Crippen LogP contribution in [0.2, 0.25) is 0 Å². The van der Waals surface area contributed by atoms with E-state index in [1.807, 2.05) is 37.3 Å². The van der Waals surface area contributed by atoms with Crippen LogP contribution in [0, 0.1) is 18.8 Å². The first-order valence-electron chi connectivity index (χ1n) is 8.52. The smallest absolute Gasteiger partial charge is 0.271 e. The van der Waals surface area contributed by atoms with Gasteiger partial charge in [-0.2, -0.15) is 5.10 Å². The number of carbonyl (C=O) groups excluding carboxylic acids is 1. The predicted molar refractivity (Wildman–Crippen MR) is 95.3 cm³/mol. The number of aliphatic hydroxyl groups excluding tert-OH is 1. The highest BCUT2D eigenvalue weighted by atomic mass is 16.3. The summed E-state index contributed by atoms with van der Waals surface area (Å²) in [6.45, 7) is 6.95. The molecule has 1 aromatic heterocycles. The summed E-state index contributed by atoms with van der Waals surface area (Å²) in [7, 11) is 0. The maximum atomic E-state index is 12.4. The third-order valence-electron chi connectivity index (χ3n) is 4.01. The molecular weight excluding hydrogens is 302 g/mol. The van der Waals surface area contributed by atoms with E-state index in [9.17, 15) is 4.79 Å². The number of aryl methyl sites for hydroxylation is 1. The van der Waals surface area contributed by atoms with Crippen molar-refractivity contribution in [3.05, 3.63) is 47.8 Å². The molecule has 0 aliphatic heterocycles. The van der Waals surface area contributed by atoms with E-state index in [0.717, 1.165) is 17.8 Å². The van der Waals surface area contributed by atoms with E-state index >= 15 is 0 Å². The van der Waals surface area contributed by atoms with Crippen molar-refractivity contribution in [3.63, 3.8) is 0 Å². The number of para-hydroxylation sites is 1. The summed E-state index contributed by atoms with van der Waals surface area (Å²) in [5.74, 6) is 0.661. The minimum atomic E-state index is -0.167. The van der Waals surface area contributed by atoms with Crippen LogP contribution in [-0.4, -0.2) is 33.9 Å². The molecule has 24 heavy (non-hydrogen) atoms. The Morgan fingerprint density at radius 3 is 2.62 bits per heavy atom. The van der Waals surface area contributed by atoms with Crippen molar-refractivity contribution in [2.45, 2.75) is 33.6 Å². The van der Waals surface area contributed by atoms with Crippen molar-refractivity contribution in [1.29, 1.82) is 0 Å². The van der Waals surface area contributed by atoms with Gasteiger partial charge in [0.15, 0.2) is 5.69 Å². The molecule has 5 heteroatoms. The fourth-order valence-corrected chi connectivity index (χ4v) is 2.90. The molecule has 0 saturated heterocycles. The van der Waals surface area contributed by atoms with Crippen LogP contribution in [0.5, 0.6) is 0 Å². The number of aliphatic hydroxyl groups is 1. The fourth-order valence-electron chi connectivity index (χ4n) is 2.90. The molecule has 0 aliphatic carbocycles. The highest BCUT2D eigenvalue weighted by Crippen LogP contribution is 2.15. The topological polar surface area (TPSA) is 67.2 Å². The molecule has 2 aromatic rings. The molecular formula is C19H27N3O2. The van der Waals surface area contributed by atoms with E-state index in [4.69, 9.17) is 5.11 Å². The second kappa shape index (κ2) is 8.64. The van der Waals surface area contributed by atoms with Gasteiger partial charge in [-0.25, -0.2) is 4.68 Å². The molecule has 0 saturated carbocycles. The Labute approximate surface area is 143 Å². The number of nitrogens with zero attached hydrogens (tertiary/aromatic N) is 2. The van der Waals surface area contributed by atoms with Gasteiger partial charge in [-0.1, -0.05) is 32.0 Å². The van der Waals surface area contributed by atoms with Gasteiger partial charge in [0.25, 0.3) is 5.91 Å². The number of benzene rings is 1. The van der Waals surface area contributed by atoms with Gasteiger partial charge in [0, 0.05) is 18.8 Å². The second-order valence-corrected chi connectivity index (χ2v) is 6.64. The summed E-state index contributed by atoms with van der Waals surface area (Å²) >= 11 is 0. The lowest BCUT2D eigenvalue weighted by Gasteiger charge is -2.18. The lowest BCUT2D eigenvalue weighted by molar-refractivity contribution is 0.0936. The quantitative estimate of drug-likeness (QED) is 0.782. The lowest BCUT2D eigenvalue weighted by atomic mass is 9.94. The standard InChI is InChI=1S/C19H27N3O2/c1-14(2)11-16(9-10-23)13-20-19(24)18-12-15(3)22(21-18)17-7-5-4-6-8-17/h4-8,12,14,16,23H,9-11,13H2,1-3H3,(H,20,24). The Hall–Kier alpha value is -2.14. The number of amides is 1. The summed E-state index contributed by atoms with van der Waals surface area (Å²) < 4.78 is 1.77. The Morgan fingerprint density at radius 1 is 1.29 bits per heavy atom. The zero-order chi connectivity index (χ0) is 17.5. The highest BCUT2D eigenvalue weighted by molar-refractivity contribution is 5.92. The van der Waals surface area contributed by atoms with Crippen LogP contribution in [0.3, 0.4) is 0 Å². The van der Waals surface area contributed by atoms with Crippen molar-refractivity contribution in [1.82, 2.24) is 15.1 Å². The zero-order valence-electron chi connectivity index (χ0n) is 14.7. The van der Waals surface area contributed by atoms with E-state index in [1.54, 1.807) is 10.7 Å². The third kappa shape index (κ3) is 4.93. The molecule has 1 atom stereocenters. The zero-order valence-corrected chi connectivity index (χ0v) is 14.7. The first kappa shape index (κ1) is 18.2. The highest BCUT2D eigenvalue weighted by Gasteiger charge is 2.16. The molecule has 1 amide bonds. The van der Waals surface area contributed by atoms with Crippen LogP contribution in [0.1, 0.15) is 42.9 Å². The molecule has 0 aliphatic rings. The minimum Gasteiger partial charge on any atom is -0.396 e. The van der Waals surface area contributed by atoms with Crippen LogP contribution in [0.15, 0.2) is 36.4 Å². The third-order valence-corrected chi connectivity index (χ3v) is 4.01. The molecule has 0 spiro atoms. The molecule has 0 bridgehead atoms. The maximum Gasteiger partial charge on any atom is 0.271 e. The molecule has 1 aromatic carbocycles. The van der Waals surface area contributed by atoms with Crippen molar-refractivity contribution in [3.8, 4) is 5.69 Å². The van der Waals surface area contributed by atoms with Gasteiger partial charge in [0.05, 0.1) is 5.69 Å². The SMILES string of the molecule is Cc1cc(C(=O)NCC(CCO)CC(C)C)nn1-c1ccccc1. The Balaban J connectivity index is 2.02. The molecule has 1 heterocycles. The molecule has 2 N–H and O–H groups in total. The van der Waals surface area contributed by atoms with E-state index in [1.165, 1.54) is 0 Å². The molecule has 1 unspecified atom stereocenters. The lowest BCUT2D eigenvalue weighted by Crippen LogP contribution is -2.30. The maximum absolute atomic E-state index is 12.4. The van der Waals surface area contributed by atoms with E-state index in [2.05, 4.69) is 24.3 Å². The van der Waals surface area contributed by atoms with Gasteiger partial charge >= 0.3 is 0 Å². The average molecular weight is 329 g/mol. The largest absolute Gasteiger partial charge is 0.396 e. The van der Waals surface area contributed by atoms with Crippen LogP contribution in [0.25, 0.3) is 5.69 Å². The van der Waals surface area contributed by atoms with Crippen LogP contribution in [0.4, 0.5) is 0 Å². The van der Waals surface area contributed by atoms with Crippen molar-refractivity contribution < 1.29 is 9.90 Å². The summed E-state index contributed by atoms with van der Waals surface area (Å²) in [4.78, 5) is 12.4. The van der Waals surface area contributed by atoms with Crippen LogP contribution >= 0.6 is 0 Å². The molecule has 5 nitrogen and oxygen atoms in total. The molecule has 130 valence electrons.